The van der Waals surface area contributed by atoms with E-state index in [1.165, 1.54) is 41.5 Å². The lowest BCUT2D eigenvalue weighted by molar-refractivity contribution is 0.199. The van der Waals surface area contributed by atoms with Gasteiger partial charge in [0, 0.05) is 5.56 Å². The van der Waals surface area contributed by atoms with Gasteiger partial charge in [0.05, 0.1) is 13.2 Å². The van der Waals surface area contributed by atoms with E-state index in [1.807, 2.05) is 6.07 Å². The highest BCUT2D eigenvalue weighted by molar-refractivity contribution is 5.97. The molecule has 5 heteroatoms. The van der Waals surface area contributed by atoms with E-state index in [0.29, 0.717) is 5.92 Å². The van der Waals surface area contributed by atoms with Crippen molar-refractivity contribution in [3.8, 4) is 50.6 Å². The lowest BCUT2D eigenvalue weighted by atomic mass is 9.80. The van der Waals surface area contributed by atoms with Crippen LogP contribution < -0.4 is 9.47 Å². The second-order valence-electron chi connectivity index (χ2n) is 13.2. The molecule has 0 amide bonds. The number of ether oxygens (including phenoxy) is 2. The number of rotatable bonds is 9. The maximum Gasteiger partial charge on any atom is 0.128 e. The minimum absolute atomic E-state index is 0.0198. The average molecular weight is 593 g/mol. The van der Waals surface area contributed by atoms with Gasteiger partial charge in [0.2, 0.25) is 0 Å². The molecule has 0 heterocycles. The number of benzene rings is 4. The van der Waals surface area contributed by atoms with Crippen molar-refractivity contribution in [2.75, 3.05) is 26.4 Å². The summed E-state index contributed by atoms with van der Waals surface area (Å²) < 4.78 is 12.4. The van der Waals surface area contributed by atoms with Crippen LogP contribution in [-0.4, -0.2) is 41.7 Å². The first-order valence-electron chi connectivity index (χ1n) is 16.0. The molecule has 1 saturated carbocycles. The second-order valence-corrected chi connectivity index (χ2v) is 13.2. The zero-order valence-corrected chi connectivity index (χ0v) is 26.2. The van der Waals surface area contributed by atoms with Gasteiger partial charge in [0.1, 0.15) is 30.5 Å². The molecule has 2 aliphatic carbocycles. The van der Waals surface area contributed by atoms with Crippen molar-refractivity contribution in [2.24, 2.45) is 0 Å². The van der Waals surface area contributed by atoms with Crippen LogP contribution >= 0.6 is 0 Å². The third kappa shape index (κ3) is 5.83. The van der Waals surface area contributed by atoms with Crippen molar-refractivity contribution >= 4 is 0 Å². The number of fused-ring (bicyclic) bond motifs is 3. The summed E-state index contributed by atoms with van der Waals surface area (Å²) in [6.07, 6.45) is 6.74. The number of phenols is 1. The quantitative estimate of drug-likeness (QED) is 0.160. The standard InChI is InChI=1S/C39H44O5/c1-39(2,3)33-23-27(13-15-34(33)42)31-24-36(44-20-18-41)38-29-12-8-7-11-26(29)21-32(38)37(31)28-14-16-35(43-19-17-40)30(22-28)25-9-5-4-6-10-25/h7-8,11-16,22-25,40-42H,4-6,9-10,17-21H2,1-3H3. The van der Waals surface area contributed by atoms with Crippen LogP contribution in [0.1, 0.15) is 81.0 Å². The van der Waals surface area contributed by atoms with Crippen molar-refractivity contribution in [1.82, 2.24) is 0 Å². The molecular weight excluding hydrogens is 548 g/mol. The van der Waals surface area contributed by atoms with Crippen LogP contribution in [0.3, 0.4) is 0 Å². The van der Waals surface area contributed by atoms with Crippen LogP contribution in [0.4, 0.5) is 0 Å². The zero-order valence-electron chi connectivity index (χ0n) is 26.2. The van der Waals surface area contributed by atoms with Gasteiger partial charge in [0.15, 0.2) is 0 Å². The average Bonchev–Trinajstić information content (AvgIpc) is 3.42. The Morgan fingerprint density at radius 2 is 1.43 bits per heavy atom. The van der Waals surface area contributed by atoms with E-state index in [0.717, 1.165) is 64.1 Å². The molecule has 0 aliphatic heterocycles. The molecule has 4 aromatic rings. The summed E-state index contributed by atoms with van der Waals surface area (Å²) in [6, 6.07) is 23.1. The Morgan fingerprint density at radius 3 is 2.16 bits per heavy atom. The first kappa shape index (κ1) is 30.2. The number of phenolic OH excluding ortho intramolecular Hbond substituents is 1. The summed E-state index contributed by atoms with van der Waals surface area (Å²) in [5.74, 6) is 2.33. The predicted octanol–water partition coefficient (Wildman–Crippen LogP) is 8.38. The number of aromatic hydroxyl groups is 1. The van der Waals surface area contributed by atoms with Crippen LogP contribution in [0.2, 0.25) is 0 Å². The van der Waals surface area contributed by atoms with Gasteiger partial charge in [-0.05, 0) is 111 Å². The van der Waals surface area contributed by atoms with Crippen molar-refractivity contribution in [3.05, 3.63) is 89.0 Å². The Bertz CT molecular complexity index is 1640. The third-order valence-corrected chi connectivity index (χ3v) is 9.21. The fourth-order valence-corrected chi connectivity index (χ4v) is 7.15. The highest BCUT2D eigenvalue weighted by atomic mass is 16.5. The smallest absolute Gasteiger partial charge is 0.128 e. The van der Waals surface area contributed by atoms with E-state index in [4.69, 9.17) is 9.47 Å². The molecule has 0 unspecified atom stereocenters. The Hall–Kier alpha value is -3.80. The highest BCUT2D eigenvalue weighted by Crippen LogP contribution is 2.52. The van der Waals surface area contributed by atoms with Crippen LogP contribution in [0.25, 0.3) is 33.4 Å². The van der Waals surface area contributed by atoms with Crippen molar-refractivity contribution in [1.29, 1.82) is 0 Å². The molecule has 3 N–H and O–H groups in total. The molecule has 0 spiro atoms. The number of aliphatic hydroxyl groups excluding tert-OH is 2. The normalized spacial score (nSPS) is 14.8. The van der Waals surface area contributed by atoms with Crippen LogP contribution in [0.15, 0.2) is 66.7 Å². The molecule has 230 valence electrons. The minimum Gasteiger partial charge on any atom is -0.508 e. The summed E-state index contributed by atoms with van der Waals surface area (Å²) in [4.78, 5) is 0. The molecule has 6 rings (SSSR count). The molecule has 0 atom stereocenters. The Kier molecular flexibility index (Phi) is 8.70. The number of aliphatic hydroxyl groups is 2. The molecule has 0 radical (unpaired) electrons. The van der Waals surface area contributed by atoms with Gasteiger partial charge in [-0.15, -0.1) is 0 Å². The lowest BCUT2D eigenvalue weighted by Crippen LogP contribution is -2.11. The van der Waals surface area contributed by atoms with E-state index in [2.05, 4.69) is 75.4 Å². The SMILES string of the molecule is CC(C)(C)c1cc(-c2cc(OCCO)c3c(c2-c2ccc(OCCO)c(C4CCCCC4)c2)Cc2ccccc2-3)ccc1O. The van der Waals surface area contributed by atoms with E-state index < -0.39 is 0 Å². The lowest BCUT2D eigenvalue weighted by Gasteiger charge is -2.26. The van der Waals surface area contributed by atoms with Gasteiger partial charge in [-0.25, -0.2) is 0 Å². The summed E-state index contributed by atoms with van der Waals surface area (Å²) >= 11 is 0. The van der Waals surface area contributed by atoms with E-state index in [-0.39, 0.29) is 37.6 Å². The topological polar surface area (TPSA) is 79.2 Å². The predicted molar refractivity (Wildman–Crippen MR) is 177 cm³/mol. The van der Waals surface area contributed by atoms with Gasteiger partial charge in [-0.3, -0.25) is 0 Å². The van der Waals surface area contributed by atoms with Crippen LogP contribution in [0.5, 0.6) is 17.2 Å². The van der Waals surface area contributed by atoms with Gasteiger partial charge < -0.3 is 24.8 Å². The second kappa shape index (κ2) is 12.7. The first-order chi connectivity index (χ1) is 21.3. The Labute approximate surface area is 261 Å². The Balaban J connectivity index is 1.63. The first-order valence-corrected chi connectivity index (χ1v) is 16.0. The third-order valence-electron chi connectivity index (χ3n) is 9.21. The summed E-state index contributed by atoms with van der Waals surface area (Å²) in [6.45, 7) is 6.74. The molecule has 0 aromatic heterocycles. The van der Waals surface area contributed by atoms with Crippen LogP contribution in [-0.2, 0) is 11.8 Å². The molecule has 44 heavy (non-hydrogen) atoms. The molecular formula is C39H44O5. The van der Waals surface area contributed by atoms with Gasteiger partial charge in [0.25, 0.3) is 0 Å². The van der Waals surface area contributed by atoms with E-state index in [9.17, 15) is 15.3 Å². The van der Waals surface area contributed by atoms with Gasteiger partial charge in [-0.2, -0.15) is 0 Å². The van der Waals surface area contributed by atoms with E-state index >= 15 is 0 Å². The number of hydrogen-bond donors (Lipinski definition) is 3. The molecule has 4 aromatic carbocycles. The van der Waals surface area contributed by atoms with Gasteiger partial charge >= 0.3 is 0 Å². The molecule has 1 fully saturated rings. The fourth-order valence-electron chi connectivity index (χ4n) is 7.15. The molecule has 0 bridgehead atoms. The van der Waals surface area contributed by atoms with Crippen molar-refractivity contribution < 1.29 is 24.8 Å². The Morgan fingerprint density at radius 1 is 0.727 bits per heavy atom. The summed E-state index contributed by atoms with van der Waals surface area (Å²) in [7, 11) is 0. The van der Waals surface area contributed by atoms with Crippen molar-refractivity contribution in [2.45, 2.75) is 70.6 Å². The molecule has 0 saturated heterocycles. The monoisotopic (exact) mass is 592 g/mol. The summed E-state index contributed by atoms with van der Waals surface area (Å²) in [5, 5.41) is 30.1. The number of hydrogen-bond acceptors (Lipinski definition) is 5. The molecule has 5 nitrogen and oxygen atoms in total. The van der Waals surface area contributed by atoms with E-state index in [1.54, 1.807) is 6.07 Å². The van der Waals surface area contributed by atoms with Gasteiger partial charge in [-0.1, -0.05) is 76.4 Å². The maximum absolute atomic E-state index is 10.8. The zero-order chi connectivity index (χ0) is 30.8. The maximum atomic E-state index is 10.8. The fraction of sp³-hybridized carbons (Fsp3) is 0.385. The highest BCUT2D eigenvalue weighted by Gasteiger charge is 2.30. The summed E-state index contributed by atoms with van der Waals surface area (Å²) in [5.41, 5.74) is 10.9. The minimum atomic E-state index is -0.247. The molecule has 2 aliphatic rings. The largest absolute Gasteiger partial charge is 0.508 e. The van der Waals surface area contributed by atoms with Crippen LogP contribution in [0, 0.1) is 0 Å². The van der Waals surface area contributed by atoms with Crippen molar-refractivity contribution in [3.63, 3.8) is 0 Å².